The molecule has 0 amide bonds. The van der Waals surface area contributed by atoms with Gasteiger partial charge in [0.1, 0.15) is 11.5 Å². The molecule has 0 aliphatic heterocycles. The van der Waals surface area contributed by atoms with Crippen LogP contribution in [0.3, 0.4) is 0 Å². The maximum atomic E-state index is 14.7. The molecule has 0 aromatic heterocycles. The Hall–Kier alpha value is -5.75. The molecule has 12 nitrogen and oxygen atoms in total. The molecule has 0 spiro atoms. The molecule has 3 aromatic carbocycles. The largest absolute Gasteiger partial charge is 0.494 e. The highest BCUT2D eigenvalue weighted by molar-refractivity contribution is 5.91. The van der Waals surface area contributed by atoms with Crippen LogP contribution < -0.4 is 9.47 Å². The summed E-state index contributed by atoms with van der Waals surface area (Å²) in [4.78, 5) is 44.4. The number of carbonyl (C=O) groups is 2. The fraction of sp³-hybridized carbons (Fsp3) is 0.353. The van der Waals surface area contributed by atoms with Gasteiger partial charge in [0.2, 0.25) is 0 Å². The number of nitrogens with zero attached hydrogens (tertiary/aromatic N) is 2. The number of nitro groups is 2. The molecule has 0 fully saturated rings. The van der Waals surface area contributed by atoms with Crippen molar-refractivity contribution in [1.82, 2.24) is 0 Å². The van der Waals surface area contributed by atoms with E-state index in [1.807, 2.05) is 0 Å². The average Bonchev–Trinajstić information content (AvgIpc) is 3.10. The molecular weight excluding hydrogens is 729 g/mol. The van der Waals surface area contributed by atoms with E-state index < -0.39 is 76.4 Å². The Morgan fingerprint density at radius 3 is 1.77 bits per heavy atom. The highest BCUT2D eigenvalue weighted by Gasteiger charge is 2.56. The van der Waals surface area contributed by atoms with Gasteiger partial charge in [-0.3, -0.25) is 20.2 Å². The van der Waals surface area contributed by atoms with Crippen LogP contribution in [-0.4, -0.2) is 53.7 Å². The van der Waals surface area contributed by atoms with Gasteiger partial charge in [-0.1, -0.05) is 12.1 Å². The number of hydrogen-bond donors (Lipinski definition) is 0. The van der Waals surface area contributed by atoms with E-state index in [4.69, 9.17) is 18.9 Å². The van der Waals surface area contributed by atoms with E-state index in [0.29, 0.717) is 31.2 Å². The Morgan fingerprint density at radius 1 is 0.679 bits per heavy atom. The lowest BCUT2D eigenvalue weighted by molar-refractivity contribution is -0.394. The summed E-state index contributed by atoms with van der Waals surface area (Å²) in [6, 6.07) is 11.8. The van der Waals surface area contributed by atoms with Gasteiger partial charge in [-0.05, 0) is 80.1 Å². The van der Waals surface area contributed by atoms with Crippen molar-refractivity contribution in [3.63, 3.8) is 0 Å². The summed E-state index contributed by atoms with van der Waals surface area (Å²) in [5.41, 5.74) is -1.70. The summed E-state index contributed by atoms with van der Waals surface area (Å²) < 4.78 is 112. The van der Waals surface area contributed by atoms with Crippen LogP contribution >= 0.6 is 0 Å². The van der Waals surface area contributed by atoms with Crippen LogP contribution in [0.5, 0.6) is 11.5 Å². The molecule has 0 radical (unpaired) electrons. The third kappa shape index (κ3) is 13.4. The Labute approximate surface area is 296 Å². The molecule has 0 N–H and O–H groups in total. The highest BCUT2D eigenvalue weighted by Crippen LogP contribution is 2.39. The Morgan fingerprint density at radius 2 is 1.23 bits per heavy atom. The number of unbranched alkanes of at least 4 members (excludes halogenated alkanes) is 3. The minimum absolute atomic E-state index is 0.0446. The minimum Gasteiger partial charge on any atom is -0.494 e. The van der Waals surface area contributed by atoms with Gasteiger partial charge in [0.05, 0.1) is 46.9 Å². The summed E-state index contributed by atoms with van der Waals surface area (Å²) in [6.07, 6.45) is -7.04. The van der Waals surface area contributed by atoms with Gasteiger partial charge in [0, 0.05) is 24.6 Å². The molecule has 3 rings (SSSR count). The van der Waals surface area contributed by atoms with Gasteiger partial charge in [-0.25, -0.2) is 9.59 Å². The quantitative estimate of drug-likeness (QED) is 0.0272. The molecule has 53 heavy (non-hydrogen) atoms. The van der Waals surface area contributed by atoms with Gasteiger partial charge in [-0.2, -0.15) is 30.7 Å². The number of halogens is 7. The number of hydrogen-bond acceptors (Lipinski definition) is 10. The van der Waals surface area contributed by atoms with Crippen molar-refractivity contribution in [3.8, 4) is 11.5 Å². The second-order valence-corrected chi connectivity index (χ2v) is 11.2. The summed E-state index contributed by atoms with van der Waals surface area (Å²) in [6.45, 7) is -0.441. The monoisotopic (exact) mass is 760 g/mol. The third-order valence-corrected chi connectivity index (χ3v) is 7.12. The second-order valence-electron chi connectivity index (χ2n) is 11.2. The number of carbonyl (C=O) groups excluding carboxylic acids is 2. The third-order valence-electron chi connectivity index (χ3n) is 7.12. The molecule has 0 heterocycles. The van der Waals surface area contributed by atoms with Crippen molar-refractivity contribution in [2.24, 2.45) is 0 Å². The van der Waals surface area contributed by atoms with Gasteiger partial charge in [0.25, 0.3) is 11.4 Å². The maximum absolute atomic E-state index is 14.7. The molecule has 286 valence electrons. The molecule has 0 atom stereocenters. The lowest BCUT2D eigenvalue weighted by atomic mass is 10.1. The zero-order valence-corrected chi connectivity index (χ0v) is 27.5. The van der Waals surface area contributed by atoms with Crippen molar-refractivity contribution >= 4 is 29.4 Å². The van der Waals surface area contributed by atoms with Crippen LogP contribution in [0.4, 0.5) is 42.1 Å². The normalized spacial score (nSPS) is 12.0. The van der Waals surface area contributed by atoms with Gasteiger partial charge in [-0.15, -0.1) is 0 Å². The number of alkyl halides is 7. The summed E-state index contributed by atoms with van der Waals surface area (Å²) in [5, 5.41) is 21.9. The predicted octanol–water partition coefficient (Wildman–Crippen LogP) is 8.96. The summed E-state index contributed by atoms with van der Waals surface area (Å²) in [5.74, 6) is -6.73. The number of esters is 2. The molecule has 0 unspecified atom stereocenters. The van der Waals surface area contributed by atoms with E-state index >= 15 is 0 Å². The number of ether oxygens (including phenoxy) is 4. The summed E-state index contributed by atoms with van der Waals surface area (Å²) in [7, 11) is 0. The standard InChI is InChI=1S/C34H31F7N2O10/c35-32(36,34(39,40)41)16-5-19-50-28-11-13-29(14-12-28)53-33(37,38)25-9-6-23(7-10-25)8-15-30(44)51-17-3-1-2-4-18-52-31(45)24-20-26(42(46)47)22-27(21-24)43(48)49/h6-15,20-22H,1-5,16-19H2. The molecular formula is C34H31F7N2O10. The molecule has 19 heteroatoms. The van der Waals surface area contributed by atoms with Gasteiger partial charge in [0.15, 0.2) is 0 Å². The lowest BCUT2D eigenvalue weighted by Crippen LogP contribution is -2.36. The van der Waals surface area contributed by atoms with Crippen LogP contribution in [0, 0.1) is 20.2 Å². The van der Waals surface area contributed by atoms with E-state index in [1.165, 1.54) is 30.3 Å². The first-order chi connectivity index (χ1) is 24.9. The predicted molar refractivity (Wildman–Crippen MR) is 172 cm³/mol. The smallest absolute Gasteiger partial charge is 0.453 e. The van der Waals surface area contributed by atoms with Crippen molar-refractivity contribution < 1.29 is 69.1 Å². The van der Waals surface area contributed by atoms with Gasteiger partial charge < -0.3 is 18.9 Å². The highest BCUT2D eigenvalue weighted by atomic mass is 19.4. The van der Waals surface area contributed by atoms with E-state index in [2.05, 4.69) is 0 Å². The first-order valence-corrected chi connectivity index (χ1v) is 15.7. The number of non-ortho nitro benzene ring substituents is 2. The Balaban J connectivity index is 1.33. The number of rotatable bonds is 20. The second kappa shape index (κ2) is 18.7. The van der Waals surface area contributed by atoms with Crippen molar-refractivity contribution in [2.75, 3.05) is 19.8 Å². The summed E-state index contributed by atoms with van der Waals surface area (Å²) >= 11 is 0. The molecule has 0 aliphatic carbocycles. The fourth-order valence-corrected chi connectivity index (χ4v) is 4.34. The van der Waals surface area contributed by atoms with Gasteiger partial charge >= 0.3 is 30.1 Å². The first-order valence-electron chi connectivity index (χ1n) is 15.7. The first kappa shape index (κ1) is 41.7. The Kier molecular flexibility index (Phi) is 14.7. The maximum Gasteiger partial charge on any atom is 0.453 e. The van der Waals surface area contributed by atoms with E-state index in [-0.39, 0.29) is 30.3 Å². The lowest BCUT2D eigenvalue weighted by Gasteiger charge is -2.19. The fourth-order valence-electron chi connectivity index (χ4n) is 4.34. The molecule has 0 saturated heterocycles. The average molecular weight is 761 g/mol. The van der Waals surface area contributed by atoms with Crippen molar-refractivity contribution in [3.05, 3.63) is 110 Å². The van der Waals surface area contributed by atoms with Crippen LogP contribution in [0.2, 0.25) is 0 Å². The SMILES string of the molecule is O=C(C=Cc1ccc(C(F)(F)Oc2ccc(OCCCC(F)(F)C(F)(F)F)cc2)cc1)OCCCCCCOC(=O)c1cc([N+](=O)[O-])cc([N+](=O)[O-])c1. The van der Waals surface area contributed by atoms with Crippen LogP contribution in [0.1, 0.15) is 60.0 Å². The minimum atomic E-state index is -5.67. The van der Waals surface area contributed by atoms with Crippen LogP contribution in [0.25, 0.3) is 6.08 Å². The number of benzene rings is 3. The van der Waals surface area contributed by atoms with E-state index in [9.17, 15) is 60.6 Å². The van der Waals surface area contributed by atoms with E-state index in [0.717, 1.165) is 48.5 Å². The zero-order chi connectivity index (χ0) is 39.2. The molecule has 3 aromatic rings. The van der Waals surface area contributed by atoms with Crippen molar-refractivity contribution in [1.29, 1.82) is 0 Å². The number of nitro benzene ring substituents is 2. The van der Waals surface area contributed by atoms with Crippen LogP contribution in [0.15, 0.2) is 72.8 Å². The van der Waals surface area contributed by atoms with Crippen molar-refractivity contribution in [2.45, 2.75) is 56.7 Å². The van der Waals surface area contributed by atoms with Crippen LogP contribution in [-0.2, 0) is 20.4 Å². The van der Waals surface area contributed by atoms with E-state index in [1.54, 1.807) is 0 Å². The topological polar surface area (TPSA) is 157 Å². The molecule has 0 saturated carbocycles. The molecule has 0 bridgehead atoms. The Bertz CT molecular complexity index is 1720. The zero-order valence-electron chi connectivity index (χ0n) is 27.5. The molecule has 0 aliphatic rings.